The highest BCUT2D eigenvalue weighted by Gasteiger charge is 2.43. The molecule has 1 aliphatic heterocycles. The highest BCUT2D eigenvalue weighted by atomic mass is 35.5. The van der Waals surface area contributed by atoms with Crippen LogP contribution in [0.25, 0.3) is 0 Å². The molecule has 1 aliphatic rings. The second kappa shape index (κ2) is 6.55. The molecule has 1 fully saturated rings. The summed E-state index contributed by atoms with van der Waals surface area (Å²) in [5, 5.41) is 0. The Hall–Kier alpha value is -0.130. The summed E-state index contributed by atoms with van der Waals surface area (Å²) in [5.74, 6) is 5.91. The second-order valence-electron chi connectivity index (χ2n) is 5.25. The molecular formula is C14H24ClN3S. The number of rotatable bonds is 6. The molecule has 0 spiro atoms. The Kier molecular flexibility index (Phi) is 5.26. The standard InChI is InChI=1S/C14H24ClN3S/c1-3-14(4-2,18-9-5-6-10-18)13(17-16)11-7-8-12(15)19-11/h7-8,13,17H,3-6,9-10,16H2,1-2H3. The molecule has 0 aromatic carbocycles. The average molecular weight is 302 g/mol. The number of likely N-dealkylation sites (tertiary alicyclic amines) is 1. The van der Waals surface area contributed by atoms with Crippen LogP contribution in [0.4, 0.5) is 0 Å². The normalized spacial score (nSPS) is 18.9. The number of thiophene rings is 1. The zero-order valence-electron chi connectivity index (χ0n) is 11.8. The van der Waals surface area contributed by atoms with E-state index in [-0.39, 0.29) is 11.6 Å². The predicted octanol–water partition coefficient (Wildman–Crippen LogP) is 3.56. The Morgan fingerprint density at radius 2 is 2.00 bits per heavy atom. The molecular weight excluding hydrogens is 278 g/mol. The van der Waals surface area contributed by atoms with Crippen molar-refractivity contribution in [3.63, 3.8) is 0 Å². The van der Waals surface area contributed by atoms with Gasteiger partial charge in [0.2, 0.25) is 0 Å². The summed E-state index contributed by atoms with van der Waals surface area (Å²) in [6.45, 7) is 6.89. The highest BCUT2D eigenvalue weighted by molar-refractivity contribution is 7.16. The number of halogens is 1. The van der Waals surface area contributed by atoms with Gasteiger partial charge in [0.25, 0.3) is 0 Å². The van der Waals surface area contributed by atoms with Gasteiger partial charge < -0.3 is 0 Å². The van der Waals surface area contributed by atoms with Gasteiger partial charge in [-0.05, 0) is 50.9 Å². The molecule has 1 unspecified atom stereocenters. The minimum atomic E-state index is 0.0967. The van der Waals surface area contributed by atoms with E-state index >= 15 is 0 Å². The van der Waals surface area contributed by atoms with E-state index in [1.165, 1.54) is 30.8 Å². The molecule has 1 aromatic rings. The lowest BCUT2D eigenvalue weighted by Crippen LogP contribution is -2.56. The third-order valence-electron chi connectivity index (χ3n) is 4.54. The van der Waals surface area contributed by atoms with Crippen LogP contribution in [0.15, 0.2) is 12.1 Å². The first-order valence-corrected chi connectivity index (χ1v) is 8.33. The monoisotopic (exact) mass is 301 g/mol. The van der Waals surface area contributed by atoms with E-state index < -0.39 is 0 Å². The van der Waals surface area contributed by atoms with Crippen LogP contribution >= 0.6 is 22.9 Å². The van der Waals surface area contributed by atoms with E-state index in [4.69, 9.17) is 17.4 Å². The molecule has 5 heteroatoms. The van der Waals surface area contributed by atoms with Crippen LogP contribution in [0.3, 0.4) is 0 Å². The van der Waals surface area contributed by atoms with Gasteiger partial charge in [0.05, 0.1) is 10.4 Å². The quantitative estimate of drug-likeness (QED) is 0.623. The Labute approximate surface area is 125 Å². The lowest BCUT2D eigenvalue weighted by molar-refractivity contribution is 0.0630. The molecule has 1 aromatic heterocycles. The molecule has 0 saturated carbocycles. The third-order valence-corrected chi connectivity index (χ3v) is 5.84. The number of hydrogen-bond acceptors (Lipinski definition) is 4. The van der Waals surface area contributed by atoms with Crippen molar-refractivity contribution in [3.05, 3.63) is 21.3 Å². The summed E-state index contributed by atoms with van der Waals surface area (Å²) < 4.78 is 0.831. The minimum absolute atomic E-state index is 0.0967. The Balaban J connectivity index is 2.34. The topological polar surface area (TPSA) is 41.3 Å². The van der Waals surface area contributed by atoms with E-state index in [1.54, 1.807) is 11.3 Å². The summed E-state index contributed by atoms with van der Waals surface area (Å²) >= 11 is 7.73. The van der Waals surface area contributed by atoms with Crippen LogP contribution in [0, 0.1) is 0 Å². The van der Waals surface area contributed by atoms with Gasteiger partial charge in [0, 0.05) is 10.4 Å². The maximum absolute atomic E-state index is 6.09. The Morgan fingerprint density at radius 1 is 1.37 bits per heavy atom. The second-order valence-corrected chi connectivity index (χ2v) is 6.99. The fourth-order valence-electron chi connectivity index (χ4n) is 3.44. The number of nitrogens with two attached hydrogens (primary N) is 1. The van der Waals surface area contributed by atoms with Crippen molar-refractivity contribution < 1.29 is 0 Å². The van der Waals surface area contributed by atoms with E-state index in [0.29, 0.717) is 0 Å². The fourth-order valence-corrected chi connectivity index (χ4v) is 4.67. The molecule has 108 valence electrons. The highest BCUT2D eigenvalue weighted by Crippen LogP contribution is 2.41. The summed E-state index contributed by atoms with van der Waals surface area (Å²) in [5.41, 5.74) is 3.16. The van der Waals surface area contributed by atoms with Gasteiger partial charge in [-0.1, -0.05) is 25.4 Å². The van der Waals surface area contributed by atoms with Crippen molar-refractivity contribution in [3.8, 4) is 0 Å². The molecule has 3 N–H and O–H groups in total. The maximum Gasteiger partial charge on any atom is 0.0931 e. The first-order valence-electron chi connectivity index (χ1n) is 7.14. The summed E-state index contributed by atoms with van der Waals surface area (Å²) in [4.78, 5) is 3.86. The van der Waals surface area contributed by atoms with Gasteiger partial charge in [-0.3, -0.25) is 16.2 Å². The zero-order valence-corrected chi connectivity index (χ0v) is 13.4. The SMILES string of the molecule is CCC(CC)(C(NN)c1ccc(Cl)s1)N1CCCC1. The zero-order chi connectivity index (χ0) is 13.9. The number of hydrogen-bond donors (Lipinski definition) is 2. The van der Waals surface area contributed by atoms with Crippen LogP contribution in [0.2, 0.25) is 4.34 Å². The first-order chi connectivity index (χ1) is 9.17. The number of nitrogens with one attached hydrogen (secondary N) is 1. The summed E-state index contributed by atoms with van der Waals surface area (Å²) in [6, 6.07) is 4.22. The largest absolute Gasteiger partial charge is 0.296 e. The molecule has 1 saturated heterocycles. The minimum Gasteiger partial charge on any atom is -0.296 e. The molecule has 0 radical (unpaired) electrons. The van der Waals surface area contributed by atoms with Crippen molar-refractivity contribution >= 4 is 22.9 Å². The van der Waals surface area contributed by atoms with Crippen LogP contribution in [0.1, 0.15) is 50.4 Å². The van der Waals surface area contributed by atoms with Crippen molar-refractivity contribution in [2.75, 3.05) is 13.1 Å². The molecule has 2 heterocycles. The Bertz CT molecular complexity index is 397. The molecule has 19 heavy (non-hydrogen) atoms. The van der Waals surface area contributed by atoms with Gasteiger partial charge >= 0.3 is 0 Å². The van der Waals surface area contributed by atoms with Gasteiger partial charge in [0.1, 0.15) is 0 Å². The van der Waals surface area contributed by atoms with Crippen LogP contribution in [-0.2, 0) is 0 Å². The van der Waals surface area contributed by atoms with Crippen molar-refractivity contribution in [1.82, 2.24) is 10.3 Å². The van der Waals surface area contributed by atoms with Crippen molar-refractivity contribution in [1.29, 1.82) is 0 Å². The molecule has 0 bridgehead atoms. The maximum atomic E-state index is 6.09. The number of nitrogens with zero attached hydrogens (tertiary/aromatic N) is 1. The predicted molar refractivity (Wildman–Crippen MR) is 83.5 cm³/mol. The van der Waals surface area contributed by atoms with Gasteiger partial charge in [-0.15, -0.1) is 11.3 Å². The number of hydrazine groups is 1. The van der Waals surface area contributed by atoms with Crippen LogP contribution in [-0.4, -0.2) is 23.5 Å². The van der Waals surface area contributed by atoms with Crippen molar-refractivity contribution in [2.45, 2.75) is 51.1 Å². The lowest BCUT2D eigenvalue weighted by atomic mass is 9.82. The van der Waals surface area contributed by atoms with Gasteiger partial charge in [-0.25, -0.2) is 0 Å². The summed E-state index contributed by atoms with van der Waals surface area (Å²) in [7, 11) is 0. The van der Waals surface area contributed by atoms with E-state index in [2.05, 4.69) is 30.2 Å². The summed E-state index contributed by atoms with van der Waals surface area (Å²) in [6.07, 6.45) is 4.77. The van der Waals surface area contributed by atoms with Gasteiger partial charge in [0.15, 0.2) is 0 Å². The fraction of sp³-hybridized carbons (Fsp3) is 0.714. The average Bonchev–Trinajstić information content (AvgIpc) is 3.07. The van der Waals surface area contributed by atoms with Gasteiger partial charge in [-0.2, -0.15) is 0 Å². The van der Waals surface area contributed by atoms with E-state index in [9.17, 15) is 0 Å². The van der Waals surface area contributed by atoms with Crippen LogP contribution < -0.4 is 11.3 Å². The molecule has 0 amide bonds. The molecule has 2 rings (SSSR count). The van der Waals surface area contributed by atoms with E-state index in [1.807, 2.05) is 6.07 Å². The van der Waals surface area contributed by atoms with Crippen molar-refractivity contribution in [2.24, 2.45) is 5.84 Å². The van der Waals surface area contributed by atoms with E-state index in [0.717, 1.165) is 17.2 Å². The molecule has 3 nitrogen and oxygen atoms in total. The molecule has 0 aliphatic carbocycles. The molecule has 1 atom stereocenters. The first kappa shape index (κ1) is 15.3. The lowest BCUT2D eigenvalue weighted by Gasteiger charge is -2.46. The third kappa shape index (κ3) is 2.83. The Morgan fingerprint density at radius 3 is 2.42 bits per heavy atom. The van der Waals surface area contributed by atoms with Crippen LogP contribution in [0.5, 0.6) is 0 Å². The smallest absolute Gasteiger partial charge is 0.0931 e.